The van der Waals surface area contributed by atoms with Crippen molar-refractivity contribution in [2.45, 2.75) is 43.9 Å². The first-order chi connectivity index (χ1) is 7.83. The Labute approximate surface area is 95.0 Å². The van der Waals surface area contributed by atoms with Crippen LogP contribution in [0.1, 0.15) is 18.4 Å². The summed E-state index contributed by atoms with van der Waals surface area (Å²) < 4.78 is 11.1. The van der Waals surface area contributed by atoms with E-state index < -0.39 is 0 Å². The first-order valence-electron chi connectivity index (χ1n) is 5.82. The highest BCUT2D eigenvalue weighted by Crippen LogP contribution is 2.38. The smallest absolute Gasteiger partial charge is 0.110 e. The lowest BCUT2D eigenvalue weighted by Gasteiger charge is -2.23. The van der Waals surface area contributed by atoms with Crippen LogP contribution in [0.4, 0.5) is 0 Å². The molecule has 1 aromatic rings. The molecular formula is C13H16O3. The second-order valence-electron chi connectivity index (χ2n) is 4.60. The third kappa shape index (κ3) is 2.12. The zero-order valence-electron chi connectivity index (χ0n) is 9.08. The molecule has 3 rings (SSSR count). The van der Waals surface area contributed by atoms with Crippen LogP contribution >= 0.6 is 0 Å². The van der Waals surface area contributed by atoms with Gasteiger partial charge >= 0.3 is 0 Å². The number of rotatable bonds is 3. The molecule has 16 heavy (non-hydrogen) atoms. The first kappa shape index (κ1) is 10.3. The van der Waals surface area contributed by atoms with Gasteiger partial charge in [-0.15, -0.1) is 0 Å². The average molecular weight is 220 g/mol. The van der Waals surface area contributed by atoms with Crippen molar-refractivity contribution in [1.29, 1.82) is 0 Å². The average Bonchev–Trinajstić information content (AvgIpc) is 3.08. The van der Waals surface area contributed by atoms with E-state index in [1.807, 2.05) is 18.2 Å². The van der Waals surface area contributed by atoms with E-state index in [1.165, 1.54) is 5.56 Å². The van der Waals surface area contributed by atoms with Crippen molar-refractivity contribution in [3.8, 4) is 0 Å². The van der Waals surface area contributed by atoms with Gasteiger partial charge in [0.1, 0.15) is 6.10 Å². The van der Waals surface area contributed by atoms with Crippen LogP contribution in [0.5, 0.6) is 0 Å². The van der Waals surface area contributed by atoms with Crippen LogP contribution in [0.3, 0.4) is 0 Å². The lowest BCUT2D eigenvalue weighted by Crippen LogP contribution is -2.32. The number of fused-ring (bicyclic) bond motifs is 1. The minimum Gasteiger partial charge on any atom is -0.390 e. The van der Waals surface area contributed by atoms with Crippen molar-refractivity contribution >= 4 is 0 Å². The van der Waals surface area contributed by atoms with Crippen molar-refractivity contribution in [2.75, 3.05) is 0 Å². The highest BCUT2D eigenvalue weighted by atomic mass is 16.6. The second kappa shape index (κ2) is 4.17. The van der Waals surface area contributed by atoms with E-state index in [1.54, 1.807) is 0 Å². The molecule has 3 heteroatoms. The summed E-state index contributed by atoms with van der Waals surface area (Å²) in [5, 5.41) is 9.68. The normalized spacial score (nSPS) is 36.8. The van der Waals surface area contributed by atoms with E-state index in [2.05, 4.69) is 12.1 Å². The molecule has 0 aromatic heterocycles. The predicted octanol–water partition coefficient (Wildman–Crippen LogP) is 1.49. The molecule has 86 valence electrons. The summed E-state index contributed by atoms with van der Waals surface area (Å²) in [6.45, 7) is 0.621. The molecule has 0 unspecified atom stereocenters. The maximum absolute atomic E-state index is 9.68. The van der Waals surface area contributed by atoms with Crippen LogP contribution in [0, 0.1) is 0 Å². The molecule has 3 nitrogen and oxygen atoms in total. The van der Waals surface area contributed by atoms with E-state index in [0.29, 0.717) is 13.0 Å². The number of hydrogen-bond acceptors (Lipinski definition) is 3. The third-order valence-electron chi connectivity index (χ3n) is 3.33. The largest absolute Gasteiger partial charge is 0.390 e. The molecule has 1 heterocycles. The maximum Gasteiger partial charge on any atom is 0.110 e. The van der Waals surface area contributed by atoms with Gasteiger partial charge in [-0.25, -0.2) is 0 Å². The fraction of sp³-hybridized carbons (Fsp3) is 0.538. The number of aliphatic hydroxyl groups is 1. The van der Waals surface area contributed by atoms with Crippen LogP contribution in [0.25, 0.3) is 0 Å². The Morgan fingerprint density at radius 3 is 2.81 bits per heavy atom. The molecule has 1 saturated carbocycles. The molecule has 4 atom stereocenters. The van der Waals surface area contributed by atoms with Gasteiger partial charge in [-0.1, -0.05) is 30.3 Å². The Balaban J connectivity index is 1.52. The topological polar surface area (TPSA) is 42.0 Å². The minimum atomic E-state index is -0.334. The molecule has 0 bridgehead atoms. The van der Waals surface area contributed by atoms with Gasteiger partial charge in [-0.05, 0) is 5.56 Å². The molecule has 2 aliphatic rings. The molecule has 0 radical (unpaired) electrons. The van der Waals surface area contributed by atoms with Gasteiger partial charge in [0.25, 0.3) is 0 Å². The van der Waals surface area contributed by atoms with Crippen molar-refractivity contribution < 1.29 is 14.6 Å². The minimum absolute atomic E-state index is 0.0941. The van der Waals surface area contributed by atoms with Crippen molar-refractivity contribution in [2.24, 2.45) is 0 Å². The third-order valence-corrected chi connectivity index (χ3v) is 3.33. The molecule has 2 fully saturated rings. The van der Waals surface area contributed by atoms with E-state index in [9.17, 15) is 5.11 Å². The van der Waals surface area contributed by atoms with Gasteiger partial charge in [0.15, 0.2) is 0 Å². The Hall–Kier alpha value is -0.900. The molecule has 1 saturated heterocycles. The second-order valence-corrected chi connectivity index (χ2v) is 4.60. The van der Waals surface area contributed by atoms with Gasteiger partial charge in [0, 0.05) is 12.8 Å². The summed E-state index contributed by atoms with van der Waals surface area (Å²) in [4.78, 5) is 0. The van der Waals surface area contributed by atoms with Crippen LogP contribution in [0.2, 0.25) is 0 Å². The van der Waals surface area contributed by atoms with E-state index in [0.717, 1.165) is 6.42 Å². The Morgan fingerprint density at radius 2 is 2.06 bits per heavy atom. The quantitative estimate of drug-likeness (QED) is 0.785. The Bertz CT molecular complexity index is 351. The highest BCUT2D eigenvalue weighted by molar-refractivity contribution is 5.13. The number of epoxide rings is 1. The van der Waals surface area contributed by atoms with Crippen LogP contribution < -0.4 is 0 Å². The van der Waals surface area contributed by atoms with Crippen LogP contribution in [-0.2, 0) is 16.1 Å². The SMILES string of the molecule is O[C@H]1C[C@@H](OCc2ccccc2)C[C@H]2O[C@@H]12. The van der Waals surface area contributed by atoms with Gasteiger partial charge < -0.3 is 14.6 Å². The monoisotopic (exact) mass is 220 g/mol. The summed E-state index contributed by atoms with van der Waals surface area (Å²) in [6.07, 6.45) is 1.77. The van der Waals surface area contributed by atoms with Gasteiger partial charge in [0.2, 0.25) is 0 Å². The summed E-state index contributed by atoms with van der Waals surface area (Å²) in [7, 11) is 0. The summed E-state index contributed by atoms with van der Waals surface area (Å²) in [5.74, 6) is 0. The predicted molar refractivity (Wildman–Crippen MR) is 58.9 cm³/mol. The molecular weight excluding hydrogens is 204 g/mol. The van der Waals surface area contributed by atoms with Gasteiger partial charge in [-0.3, -0.25) is 0 Å². The summed E-state index contributed by atoms with van der Waals surface area (Å²) in [6, 6.07) is 10.1. The highest BCUT2D eigenvalue weighted by Gasteiger charge is 2.50. The molecule has 1 N–H and O–H groups in total. The number of ether oxygens (including phenoxy) is 2. The molecule has 1 aliphatic carbocycles. The van der Waals surface area contributed by atoms with Gasteiger partial charge in [0.05, 0.1) is 24.9 Å². The lowest BCUT2D eigenvalue weighted by molar-refractivity contribution is -0.0129. The van der Waals surface area contributed by atoms with E-state index >= 15 is 0 Å². The summed E-state index contributed by atoms with van der Waals surface area (Å²) in [5.41, 5.74) is 1.18. The lowest BCUT2D eigenvalue weighted by atomic mass is 9.95. The van der Waals surface area contributed by atoms with Crippen molar-refractivity contribution in [3.05, 3.63) is 35.9 Å². The van der Waals surface area contributed by atoms with Gasteiger partial charge in [-0.2, -0.15) is 0 Å². The molecule has 1 aromatic carbocycles. The maximum atomic E-state index is 9.68. The Morgan fingerprint density at radius 1 is 1.25 bits per heavy atom. The Kier molecular flexibility index (Phi) is 2.67. The summed E-state index contributed by atoms with van der Waals surface area (Å²) >= 11 is 0. The number of benzene rings is 1. The first-order valence-corrected chi connectivity index (χ1v) is 5.82. The van der Waals surface area contributed by atoms with E-state index in [-0.39, 0.29) is 24.4 Å². The standard InChI is InChI=1S/C13H16O3/c14-11-6-10(7-12-13(11)16-12)15-8-9-4-2-1-3-5-9/h1-5,10-14H,6-8H2/t10-,11+,12-,13+/m1/s1. The van der Waals surface area contributed by atoms with Crippen molar-refractivity contribution in [1.82, 2.24) is 0 Å². The van der Waals surface area contributed by atoms with Crippen LogP contribution in [-0.4, -0.2) is 29.5 Å². The number of aliphatic hydroxyl groups excluding tert-OH is 1. The molecule has 0 amide bonds. The molecule has 1 aliphatic heterocycles. The van der Waals surface area contributed by atoms with E-state index in [4.69, 9.17) is 9.47 Å². The zero-order valence-corrected chi connectivity index (χ0v) is 9.08. The molecule has 0 spiro atoms. The number of hydrogen-bond donors (Lipinski definition) is 1. The fourth-order valence-electron chi connectivity index (χ4n) is 2.37. The van der Waals surface area contributed by atoms with Crippen molar-refractivity contribution in [3.63, 3.8) is 0 Å². The van der Waals surface area contributed by atoms with Crippen LogP contribution in [0.15, 0.2) is 30.3 Å². The zero-order chi connectivity index (χ0) is 11.0. The fourth-order valence-corrected chi connectivity index (χ4v) is 2.37.